The van der Waals surface area contributed by atoms with Crippen LogP contribution in [0.5, 0.6) is 0 Å². The first-order valence-electron chi connectivity index (χ1n) is 8.61. The number of hydrogen-bond acceptors (Lipinski definition) is 3. The highest BCUT2D eigenvalue weighted by molar-refractivity contribution is 5.86. The zero-order valence-electron chi connectivity index (χ0n) is 16.6. The molecule has 6 nitrogen and oxygen atoms in total. The second-order valence-corrected chi connectivity index (χ2v) is 7.49. The number of aryl methyl sites for hydroxylation is 1. The van der Waals surface area contributed by atoms with Gasteiger partial charge < -0.3 is 20.9 Å². The number of nitrogens with zero attached hydrogens (tertiary/aromatic N) is 2. The number of amides is 1. The first-order valence-corrected chi connectivity index (χ1v) is 8.61. The quantitative estimate of drug-likeness (QED) is 0.541. The highest BCUT2D eigenvalue weighted by Crippen LogP contribution is 2.17. The van der Waals surface area contributed by atoms with Crippen LogP contribution in [-0.4, -0.2) is 56.5 Å². The Kier molecular flexibility index (Phi) is 7.90. The largest absolute Gasteiger partial charge is 0.354 e. The summed E-state index contributed by atoms with van der Waals surface area (Å²) in [4.78, 5) is 18.3. The van der Waals surface area contributed by atoms with E-state index in [4.69, 9.17) is 0 Å². The smallest absolute Gasteiger partial charge is 0.239 e. The molecule has 1 atom stereocenters. The number of carbonyl (C=O) groups is 1. The minimum absolute atomic E-state index is 0.0573. The summed E-state index contributed by atoms with van der Waals surface area (Å²) in [5.41, 5.74) is 2.25. The molecule has 1 rings (SSSR count). The molecule has 1 amide bonds. The van der Waals surface area contributed by atoms with Crippen LogP contribution in [0.1, 0.15) is 37.9 Å². The number of nitrogens with one attached hydrogen (secondary N) is 3. The number of rotatable bonds is 6. The van der Waals surface area contributed by atoms with E-state index < -0.39 is 0 Å². The van der Waals surface area contributed by atoms with E-state index in [-0.39, 0.29) is 24.0 Å². The van der Waals surface area contributed by atoms with E-state index in [0.29, 0.717) is 12.5 Å². The number of guanidine groups is 1. The van der Waals surface area contributed by atoms with Gasteiger partial charge in [0.15, 0.2) is 5.96 Å². The molecule has 0 aliphatic heterocycles. The summed E-state index contributed by atoms with van der Waals surface area (Å²) in [5.74, 6) is 0.557. The molecule has 140 valence electrons. The van der Waals surface area contributed by atoms with Crippen LogP contribution < -0.4 is 16.0 Å². The maximum atomic E-state index is 11.9. The zero-order valence-corrected chi connectivity index (χ0v) is 16.6. The van der Waals surface area contributed by atoms with Gasteiger partial charge in [0.1, 0.15) is 0 Å². The van der Waals surface area contributed by atoms with Gasteiger partial charge in [-0.05, 0) is 47.4 Å². The highest BCUT2D eigenvalue weighted by atomic mass is 16.2. The van der Waals surface area contributed by atoms with Gasteiger partial charge in [0.2, 0.25) is 5.91 Å². The Morgan fingerprint density at radius 3 is 2.24 bits per heavy atom. The Labute approximate surface area is 152 Å². The van der Waals surface area contributed by atoms with Crippen LogP contribution in [0.2, 0.25) is 0 Å². The molecule has 0 aromatic heterocycles. The van der Waals surface area contributed by atoms with Gasteiger partial charge in [0, 0.05) is 19.1 Å². The molecule has 1 aromatic carbocycles. The Bertz CT molecular complexity index is 572. The number of hydrogen-bond donors (Lipinski definition) is 3. The summed E-state index contributed by atoms with van der Waals surface area (Å²) in [6.07, 6.45) is 0. The van der Waals surface area contributed by atoms with E-state index in [1.54, 1.807) is 7.05 Å². The molecule has 1 aromatic rings. The van der Waals surface area contributed by atoms with E-state index in [0.717, 1.165) is 0 Å². The molecule has 0 fully saturated rings. The second-order valence-electron chi connectivity index (χ2n) is 7.49. The Hall–Kier alpha value is -2.08. The normalized spacial score (nSPS) is 13.5. The van der Waals surface area contributed by atoms with Crippen molar-refractivity contribution < 1.29 is 4.79 Å². The monoisotopic (exact) mass is 347 g/mol. The molecule has 0 radical (unpaired) electrons. The molecular formula is C19H33N5O. The lowest BCUT2D eigenvalue weighted by molar-refractivity contribution is -0.121. The lowest BCUT2D eigenvalue weighted by atomic mass is 10.0. The third-order valence-corrected chi connectivity index (χ3v) is 3.70. The molecule has 25 heavy (non-hydrogen) atoms. The average Bonchev–Trinajstić information content (AvgIpc) is 2.50. The third kappa shape index (κ3) is 8.03. The van der Waals surface area contributed by atoms with Gasteiger partial charge >= 0.3 is 0 Å². The average molecular weight is 348 g/mol. The summed E-state index contributed by atoms with van der Waals surface area (Å²) in [7, 11) is 5.81. The van der Waals surface area contributed by atoms with Crippen LogP contribution in [-0.2, 0) is 4.79 Å². The Balaban J connectivity index is 2.59. The first-order chi connectivity index (χ1) is 11.6. The van der Waals surface area contributed by atoms with Crippen LogP contribution in [0.3, 0.4) is 0 Å². The van der Waals surface area contributed by atoms with Gasteiger partial charge in [-0.2, -0.15) is 0 Å². The van der Waals surface area contributed by atoms with Crippen LogP contribution in [0, 0.1) is 6.92 Å². The summed E-state index contributed by atoms with van der Waals surface area (Å²) >= 11 is 0. The summed E-state index contributed by atoms with van der Waals surface area (Å²) in [5, 5.41) is 9.27. The lowest BCUT2D eigenvalue weighted by Crippen LogP contribution is -2.49. The summed E-state index contributed by atoms with van der Waals surface area (Å²) < 4.78 is 0. The first kappa shape index (κ1) is 21.0. The lowest BCUT2D eigenvalue weighted by Gasteiger charge is -2.26. The van der Waals surface area contributed by atoms with Gasteiger partial charge in [-0.25, -0.2) is 0 Å². The number of benzene rings is 1. The molecule has 0 bridgehead atoms. The van der Waals surface area contributed by atoms with Crippen molar-refractivity contribution in [2.45, 2.75) is 39.3 Å². The fraction of sp³-hybridized carbons (Fsp3) is 0.579. The standard InChI is InChI=1S/C19H33N5O/c1-14-8-10-15(11-9-14)16(24(6)7)12-21-18(20-5)22-13-17(25)23-19(2,3)4/h8-11,16H,12-13H2,1-7H3,(H,23,25)(H2,20,21,22). The Morgan fingerprint density at radius 2 is 1.76 bits per heavy atom. The van der Waals surface area contributed by atoms with Crippen molar-refractivity contribution in [3.05, 3.63) is 35.4 Å². The zero-order chi connectivity index (χ0) is 19.0. The molecule has 0 saturated carbocycles. The van der Waals surface area contributed by atoms with Gasteiger partial charge in [-0.1, -0.05) is 29.8 Å². The van der Waals surface area contributed by atoms with E-state index >= 15 is 0 Å². The van der Waals surface area contributed by atoms with Crippen molar-refractivity contribution in [1.29, 1.82) is 0 Å². The minimum Gasteiger partial charge on any atom is -0.354 e. The molecule has 0 saturated heterocycles. The summed E-state index contributed by atoms with van der Waals surface area (Å²) in [6.45, 7) is 8.84. The van der Waals surface area contributed by atoms with Crippen molar-refractivity contribution >= 4 is 11.9 Å². The van der Waals surface area contributed by atoms with E-state index in [1.807, 2.05) is 20.8 Å². The Morgan fingerprint density at radius 1 is 1.16 bits per heavy atom. The van der Waals surface area contributed by atoms with Crippen molar-refractivity contribution in [1.82, 2.24) is 20.9 Å². The third-order valence-electron chi connectivity index (χ3n) is 3.70. The molecule has 0 aliphatic rings. The van der Waals surface area contributed by atoms with E-state index in [1.165, 1.54) is 11.1 Å². The SMILES string of the molecule is CN=C(NCC(=O)NC(C)(C)C)NCC(c1ccc(C)cc1)N(C)C. The molecule has 0 aliphatic carbocycles. The van der Waals surface area contributed by atoms with Crippen LogP contribution in [0.15, 0.2) is 29.3 Å². The van der Waals surface area contributed by atoms with E-state index in [9.17, 15) is 4.79 Å². The van der Waals surface area contributed by atoms with Crippen molar-refractivity contribution in [2.75, 3.05) is 34.2 Å². The van der Waals surface area contributed by atoms with Gasteiger partial charge in [0.05, 0.1) is 12.6 Å². The number of carbonyl (C=O) groups excluding carboxylic acids is 1. The van der Waals surface area contributed by atoms with Crippen LogP contribution >= 0.6 is 0 Å². The van der Waals surface area contributed by atoms with Crippen LogP contribution in [0.25, 0.3) is 0 Å². The number of aliphatic imine (C=N–C) groups is 1. The predicted molar refractivity (Wildman–Crippen MR) is 105 cm³/mol. The van der Waals surface area contributed by atoms with Crippen molar-refractivity contribution in [2.24, 2.45) is 4.99 Å². The molecule has 3 N–H and O–H groups in total. The number of likely N-dealkylation sites (N-methyl/N-ethyl adjacent to an activating group) is 1. The fourth-order valence-electron chi connectivity index (χ4n) is 2.43. The minimum atomic E-state index is -0.239. The van der Waals surface area contributed by atoms with Crippen molar-refractivity contribution in [3.8, 4) is 0 Å². The summed E-state index contributed by atoms with van der Waals surface area (Å²) in [6, 6.07) is 8.75. The van der Waals surface area contributed by atoms with E-state index in [2.05, 4.69) is 71.1 Å². The molecule has 6 heteroatoms. The molecule has 1 unspecified atom stereocenters. The second kappa shape index (κ2) is 9.42. The van der Waals surface area contributed by atoms with Crippen LogP contribution in [0.4, 0.5) is 0 Å². The predicted octanol–water partition coefficient (Wildman–Crippen LogP) is 1.68. The molecule has 0 heterocycles. The van der Waals surface area contributed by atoms with Gasteiger partial charge in [-0.3, -0.25) is 9.79 Å². The fourth-order valence-corrected chi connectivity index (χ4v) is 2.43. The maximum Gasteiger partial charge on any atom is 0.239 e. The molecule has 0 spiro atoms. The maximum absolute atomic E-state index is 11.9. The molecular weight excluding hydrogens is 314 g/mol. The van der Waals surface area contributed by atoms with Gasteiger partial charge in [-0.15, -0.1) is 0 Å². The highest BCUT2D eigenvalue weighted by Gasteiger charge is 2.16. The van der Waals surface area contributed by atoms with Crippen molar-refractivity contribution in [3.63, 3.8) is 0 Å². The van der Waals surface area contributed by atoms with Gasteiger partial charge in [0.25, 0.3) is 0 Å². The topological polar surface area (TPSA) is 68.8 Å².